The lowest BCUT2D eigenvalue weighted by Gasteiger charge is -2.30. The van der Waals surface area contributed by atoms with Crippen LogP contribution in [-0.4, -0.2) is 128 Å². The molecule has 1 aliphatic carbocycles. The molecule has 372 valence electrons. The molecule has 4 rings (SSSR count). The zero-order valence-corrected chi connectivity index (χ0v) is 40.2. The average Bonchev–Trinajstić information content (AvgIpc) is 3.91. The molecule has 2 aromatic heterocycles. The third-order valence-electron chi connectivity index (χ3n) is 10.8. The van der Waals surface area contributed by atoms with E-state index in [-0.39, 0.29) is 47.5 Å². The minimum Gasteiger partial charge on any atom is -0.386 e. The maximum atomic E-state index is 12.7. The standard InChI is InChI=1S/C37H60N7O18P3S/c1-4-5-7-11-24-23(13-14-25(24)45)10-8-6-9-12-28(47)66-18-17-39-27(46)15-16-40-35(50)32(49)37(2,3)20-59-65(56,57)62-64(54,55)58-19-26-31(61-63(51,52)53)30(48)36(60-26)44-22-43-29-33(38)41-21-42-34(29)44/h5,7,21-24,26,30-32,36,48-49H,4,6,8-20H2,1-3H3,(H,39,46)(H,40,50)(H,54,55)(H,56,57)(H2,38,41,42)(H2,51,52,53)/b7-5-/t23-,24-,26+,30+,31+,32-,36+/m0/s1. The van der Waals surface area contributed by atoms with Crippen LogP contribution in [0.2, 0.25) is 0 Å². The Balaban J connectivity index is 1.12. The van der Waals surface area contributed by atoms with Crippen LogP contribution in [0.3, 0.4) is 0 Å². The van der Waals surface area contributed by atoms with E-state index in [0.717, 1.165) is 73.9 Å². The van der Waals surface area contributed by atoms with Crippen LogP contribution in [0, 0.1) is 17.3 Å². The minimum atomic E-state index is -5.58. The van der Waals surface area contributed by atoms with Crippen LogP contribution >= 0.6 is 35.2 Å². The summed E-state index contributed by atoms with van der Waals surface area (Å²) in [7, 11) is -16.4. The molecule has 0 bridgehead atoms. The number of imidazole rings is 1. The van der Waals surface area contributed by atoms with E-state index in [9.17, 15) is 62.7 Å². The van der Waals surface area contributed by atoms with E-state index in [1.807, 2.05) is 0 Å². The Morgan fingerprint density at radius 3 is 2.47 bits per heavy atom. The Morgan fingerprint density at radius 1 is 1.03 bits per heavy atom. The smallest absolute Gasteiger partial charge is 0.386 e. The van der Waals surface area contributed by atoms with Gasteiger partial charge in [-0.2, -0.15) is 4.31 Å². The third kappa shape index (κ3) is 17.2. The van der Waals surface area contributed by atoms with E-state index in [1.165, 1.54) is 13.8 Å². The largest absolute Gasteiger partial charge is 0.481 e. The molecule has 2 aromatic rings. The average molecular weight is 1020 g/mol. The van der Waals surface area contributed by atoms with Crippen molar-refractivity contribution < 1.29 is 85.3 Å². The summed E-state index contributed by atoms with van der Waals surface area (Å²) in [5.74, 6) is -0.238. The van der Waals surface area contributed by atoms with E-state index in [1.54, 1.807) is 0 Å². The van der Waals surface area contributed by atoms with Gasteiger partial charge in [0.2, 0.25) is 11.8 Å². The number of nitrogens with two attached hydrogens (primary N) is 1. The normalized spacial score (nSPS) is 23.8. The lowest BCUT2D eigenvalue weighted by Crippen LogP contribution is -2.46. The number of allylic oxidation sites excluding steroid dienone is 2. The number of aliphatic hydroxyl groups is 2. The number of nitrogens with zero attached hydrogens (tertiary/aromatic N) is 4. The van der Waals surface area contributed by atoms with Gasteiger partial charge in [0.05, 0.1) is 19.5 Å². The second kappa shape index (κ2) is 25.0. The van der Waals surface area contributed by atoms with Crippen molar-refractivity contribution in [3.63, 3.8) is 0 Å². The number of nitrogen functional groups attached to an aromatic ring is 1. The van der Waals surface area contributed by atoms with Gasteiger partial charge in [-0.1, -0.05) is 57.5 Å². The fraction of sp³-hybridized carbons (Fsp3) is 0.703. The number of ketones is 1. The second-order valence-corrected chi connectivity index (χ2v) is 21.8. The van der Waals surface area contributed by atoms with Crippen molar-refractivity contribution in [2.75, 3.05) is 37.8 Å². The van der Waals surface area contributed by atoms with Crippen LogP contribution in [0.5, 0.6) is 0 Å². The summed E-state index contributed by atoms with van der Waals surface area (Å²) in [6.07, 6.45) is 4.58. The summed E-state index contributed by atoms with van der Waals surface area (Å²) in [6.45, 7) is 2.55. The van der Waals surface area contributed by atoms with Crippen molar-refractivity contribution >= 4 is 74.9 Å². The molecule has 2 aliphatic rings. The Kier molecular flexibility index (Phi) is 21.1. The Hall–Kier alpha value is -3.03. The molecule has 3 heterocycles. The van der Waals surface area contributed by atoms with Crippen molar-refractivity contribution in [3.8, 4) is 0 Å². The predicted octanol–water partition coefficient (Wildman–Crippen LogP) is 2.57. The van der Waals surface area contributed by atoms with Gasteiger partial charge >= 0.3 is 23.5 Å². The number of phosphoric ester groups is 3. The number of anilines is 1. The van der Waals surface area contributed by atoms with Crippen LogP contribution in [0.1, 0.15) is 91.2 Å². The van der Waals surface area contributed by atoms with Gasteiger partial charge in [-0.05, 0) is 38.0 Å². The minimum absolute atomic E-state index is 0.0137. The molecule has 2 unspecified atom stereocenters. The van der Waals surface area contributed by atoms with E-state index in [2.05, 4.69) is 53.5 Å². The first-order chi connectivity index (χ1) is 30.9. The van der Waals surface area contributed by atoms with Gasteiger partial charge in [-0.25, -0.2) is 28.6 Å². The number of hydrogen-bond donors (Lipinski definition) is 9. The van der Waals surface area contributed by atoms with Gasteiger partial charge in [0.15, 0.2) is 22.8 Å². The van der Waals surface area contributed by atoms with Gasteiger partial charge in [0.1, 0.15) is 42.0 Å². The van der Waals surface area contributed by atoms with Gasteiger partial charge < -0.3 is 50.9 Å². The topological polar surface area (TPSA) is 381 Å². The van der Waals surface area contributed by atoms with Crippen molar-refractivity contribution in [1.82, 2.24) is 30.2 Å². The van der Waals surface area contributed by atoms with Crippen LogP contribution in [0.25, 0.3) is 11.2 Å². The number of aromatic nitrogens is 4. The number of nitrogens with one attached hydrogen (secondary N) is 2. The highest BCUT2D eigenvalue weighted by Crippen LogP contribution is 2.61. The third-order valence-corrected chi connectivity index (χ3v) is 14.8. The molecule has 0 spiro atoms. The number of unbranched alkanes of at least 4 members (excludes halogenated alkanes) is 2. The zero-order valence-electron chi connectivity index (χ0n) is 36.7. The van der Waals surface area contributed by atoms with Gasteiger partial charge in [0, 0.05) is 49.4 Å². The number of aliphatic hydroxyl groups excluding tert-OH is 2. The number of hydrogen-bond acceptors (Lipinski definition) is 19. The molecule has 1 saturated heterocycles. The number of rotatable bonds is 28. The molecule has 1 saturated carbocycles. The molecular formula is C37H60N7O18P3S. The number of amides is 2. The predicted molar refractivity (Wildman–Crippen MR) is 235 cm³/mol. The number of ether oxygens (including phenoxy) is 1. The molecule has 1 aliphatic heterocycles. The maximum Gasteiger partial charge on any atom is 0.481 e. The summed E-state index contributed by atoms with van der Waals surface area (Å²) in [6, 6.07) is 0. The van der Waals surface area contributed by atoms with Gasteiger partial charge in [-0.15, -0.1) is 0 Å². The van der Waals surface area contributed by atoms with Crippen molar-refractivity contribution in [2.45, 2.75) is 116 Å². The molecule has 0 radical (unpaired) electrons. The molecular weight excluding hydrogens is 955 g/mol. The molecule has 0 aromatic carbocycles. The highest BCUT2D eigenvalue weighted by molar-refractivity contribution is 8.13. The summed E-state index contributed by atoms with van der Waals surface area (Å²) in [4.78, 5) is 101. The summed E-state index contributed by atoms with van der Waals surface area (Å²) in [5.41, 5.74) is 4.26. The number of fused-ring (bicyclic) bond motifs is 1. The van der Waals surface area contributed by atoms with E-state index in [4.69, 9.17) is 19.5 Å². The number of Topliss-reactive ketones (excluding diaryl/α,β-unsaturated/α-hetero) is 1. The summed E-state index contributed by atoms with van der Waals surface area (Å²) in [5, 5.41) is 26.6. The van der Waals surface area contributed by atoms with Crippen molar-refractivity contribution in [1.29, 1.82) is 0 Å². The number of thioether (sulfide) groups is 1. The molecule has 9 atom stereocenters. The summed E-state index contributed by atoms with van der Waals surface area (Å²) < 4.78 is 62.4. The van der Waals surface area contributed by atoms with Crippen LogP contribution in [-0.2, 0) is 55.5 Å². The first kappa shape index (κ1) is 55.6. The quantitative estimate of drug-likeness (QED) is 0.0336. The molecule has 29 heteroatoms. The highest BCUT2D eigenvalue weighted by atomic mass is 32.2. The lowest BCUT2D eigenvalue weighted by atomic mass is 9.87. The molecule has 25 nitrogen and oxygen atoms in total. The van der Waals surface area contributed by atoms with Crippen molar-refractivity contribution in [2.24, 2.45) is 17.3 Å². The van der Waals surface area contributed by atoms with Gasteiger partial charge in [0.25, 0.3) is 0 Å². The van der Waals surface area contributed by atoms with Crippen LogP contribution in [0.4, 0.5) is 5.82 Å². The number of carbonyl (C=O) groups excluding carboxylic acids is 4. The fourth-order valence-electron chi connectivity index (χ4n) is 7.28. The zero-order chi connectivity index (χ0) is 48.9. The lowest BCUT2D eigenvalue weighted by molar-refractivity contribution is -0.137. The second-order valence-electron chi connectivity index (χ2n) is 16.4. The monoisotopic (exact) mass is 1020 g/mol. The van der Waals surface area contributed by atoms with Crippen LogP contribution in [0.15, 0.2) is 24.8 Å². The van der Waals surface area contributed by atoms with Crippen LogP contribution < -0.4 is 16.4 Å². The Labute approximate surface area is 384 Å². The maximum absolute atomic E-state index is 12.7. The number of carbonyl (C=O) groups is 4. The number of phosphoric acid groups is 3. The van der Waals surface area contributed by atoms with Gasteiger partial charge in [-0.3, -0.25) is 37.3 Å². The Morgan fingerprint density at radius 2 is 1.76 bits per heavy atom. The fourth-order valence-corrected chi connectivity index (χ4v) is 10.8. The Bertz CT molecular complexity index is 2160. The SMILES string of the molecule is CC/C=C\C[C@@H]1C(=O)CC[C@@H]1CCCCCC(=O)SCCNC(=O)CCNC(=O)[C@H](O)C(C)(C)COP(=O)(O)OP(=O)(O)OC[C@H]1O[C@@H](n2cnc3c(N)ncnc32)[C@H](O)[C@@H]1OP(=O)(O)O. The van der Waals surface area contributed by atoms with E-state index < -0.39 is 84.6 Å². The summed E-state index contributed by atoms with van der Waals surface area (Å²) >= 11 is 1.11. The van der Waals surface area contributed by atoms with E-state index >= 15 is 0 Å². The van der Waals surface area contributed by atoms with E-state index in [0.29, 0.717) is 30.3 Å². The molecule has 66 heavy (non-hydrogen) atoms. The highest BCUT2D eigenvalue weighted by Gasteiger charge is 2.50. The molecule has 10 N–H and O–H groups in total. The van der Waals surface area contributed by atoms with Crippen molar-refractivity contribution in [3.05, 3.63) is 24.8 Å². The first-order valence-electron chi connectivity index (χ1n) is 21.2. The molecule has 2 amide bonds. The first-order valence-corrected chi connectivity index (χ1v) is 26.7. The molecule has 2 fully saturated rings.